The van der Waals surface area contributed by atoms with Crippen molar-refractivity contribution in [2.75, 3.05) is 18.6 Å². The van der Waals surface area contributed by atoms with Crippen LogP contribution in [-0.4, -0.2) is 77.1 Å². The number of pyridine rings is 1. The number of rotatable bonds is 7. The van der Waals surface area contributed by atoms with Crippen LogP contribution in [0.3, 0.4) is 0 Å². The molecule has 1 unspecified atom stereocenters. The van der Waals surface area contributed by atoms with Crippen LogP contribution in [-0.2, 0) is 25.8 Å². The number of hydrogen-bond acceptors (Lipinski definition) is 11. The van der Waals surface area contributed by atoms with Gasteiger partial charge in [-0.15, -0.1) is 11.8 Å². The lowest BCUT2D eigenvalue weighted by atomic mass is 10.0. The molecule has 15 nitrogen and oxygen atoms in total. The number of anilines is 1. The smallest absolute Gasteiger partial charge is 0.352 e. The maximum atomic E-state index is 13.0. The van der Waals surface area contributed by atoms with Gasteiger partial charge in [0, 0.05) is 28.9 Å². The number of aliphatic carboxylic acids is 1. The number of H-pyrrole nitrogens is 2. The van der Waals surface area contributed by atoms with E-state index >= 15 is 0 Å². The van der Waals surface area contributed by atoms with Crippen molar-refractivity contribution < 1.29 is 28.9 Å². The van der Waals surface area contributed by atoms with Crippen LogP contribution in [0.25, 0.3) is 11.0 Å². The van der Waals surface area contributed by atoms with Gasteiger partial charge < -0.3 is 31.0 Å². The molecular formula is C19H18N9O6S2+. The first kappa shape index (κ1) is 23.5. The fourth-order valence-corrected chi connectivity index (χ4v) is 5.73. The number of oxime groups is 1. The third-order valence-corrected chi connectivity index (χ3v) is 7.36. The minimum Gasteiger partial charge on any atom is -0.477 e. The van der Waals surface area contributed by atoms with E-state index in [0.29, 0.717) is 22.4 Å². The predicted octanol–water partition coefficient (Wildman–Crippen LogP) is -1.63. The molecule has 5 heterocycles. The molecule has 2 amide bonds. The van der Waals surface area contributed by atoms with E-state index in [-0.39, 0.29) is 34.6 Å². The Morgan fingerprint density at radius 1 is 1.39 bits per heavy atom. The van der Waals surface area contributed by atoms with Gasteiger partial charge in [-0.3, -0.25) is 14.5 Å². The molecule has 5 rings (SSSR count). The molecule has 0 aromatic carbocycles. The summed E-state index contributed by atoms with van der Waals surface area (Å²) in [5.41, 5.74) is 6.51. The highest BCUT2D eigenvalue weighted by Gasteiger charge is 2.54. The highest BCUT2D eigenvalue weighted by Crippen LogP contribution is 2.40. The second-order valence-electron chi connectivity index (χ2n) is 7.72. The van der Waals surface area contributed by atoms with Gasteiger partial charge in [0.25, 0.3) is 11.8 Å². The standard InChI is InChI=1S/C19H17N9O6S2/c1-34-25-10(13-24-18(20)36-26-13)14(29)23-11-15(30)28-12(17(31)32)7(6-35-16(11)28)4-27-3-2-8-9(5-27)22-19(33)21-8/h2-3,5,11,16H,4,6H2,1H3,(H5,20,22,23,24,26,29,31,32,33)/p+1/b25-10-/t11-,16?/m1/s1. The summed E-state index contributed by atoms with van der Waals surface area (Å²) in [4.78, 5) is 64.5. The number of amides is 2. The second-order valence-corrected chi connectivity index (χ2v) is 9.61. The largest absolute Gasteiger partial charge is 0.477 e. The summed E-state index contributed by atoms with van der Waals surface area (Å²) >= 11 is 2.19. The number of nitrogens with zero attached hydrogens (tertiary/aromatic N) is 5. The van der Waals surface area contributed by atoms with E-state index in [2.05, 4.69) is 29.8 Å². The Balaban J connectivity index is 1.36. The van der Waals surface area contributed by atoms with Gasteiger partial charge in [-0.05, 0) is 0 Å². The van der Waals surface area contributed by atoms with Gasteiger partial charge in [0.2, 0.25) is 11.5 Å². The third-order valence-electron chi connectivity index (χ3n) is 5.48. The fourth-order valence-electron chi connectivity index (χ4n) is 3.96. The highest BCUT2D eigenvalue weighted by atomic mass is 32.2. The molecule has 1 fully saturated rings. The predicted molar refractivity (Wildman–Crippen MR) is 127 cm³/mol. The number of carboxylic acid groups (broad SMARTS) is 1. The van der Waals surface area contributed by atoms with Gasteiger partial charge in [-0.2, -0.15) is 13.9 Å². The summed E-state index contributed by atoms with van der Waals surface area (Å²) in [6, 6.07) is 0.711. The molecule has 0 saturated carbocycles. The average molecular weight is 533 g/mol. The summed E-state index contributed by atoms with van der Waals surface area (Å²) in [6.45, 7) is 0.187. The van der Waals surface area contributed by atoms with Crippen molar-refractivity contribution in [2.24, 2.45) is 5.16 Å². The normalized spacial score (nSPS) is 19.8. The van der Waals surface area contributed by atoms with Crippen molar-refractivity contribution in [2.45, 2.75) is 18.0 Å². The number of nitrogens with one attached hydrogen (secondary N) is 3. The van der Waals surface area contributed by atoms with Crippen LogP contribution in [0, 0.1) is 0 Å². The number of aromatic nitrogens is 5. The van der Waals surface area contributed by atoms with Crippen LogP contribution >= 0.6 is 23.3 Å². The molecule has 0 spiro atoms. The molecule has 0 aliphatic carbocycles. The number of imidazole rings is 1. The molecule has 0 bridgehead atoms. The number of carbonyl (C=O) groups excluding carboxylic acids is 2. The highest BCUT2D eigenvalue weighted by molar-refractivity contribution is 8.00. The first-order valence-electron chi connectivity index (χ1n) is 10.3. The molecule has 36 heavy (non-hydrogen) atoms. The summed E-state index contributed by atoms with van der Waals surface area (Å²) in [6.07, 6.45) is 3.37. The van der Waals surface area contributed by atoms with Gasteiger partial charge in [0.05, 0.1) is 5.52 Å². The van der Waals surface area contributed by atoms with E-state index in [1.165, 1.54) is 23.8 Å². The van der Waals surface area contributed by atoms with Crippen molar-refractivity contribution >= 4 is 63.0 Å². The Morgan fingerprint density at radius 3 is 2.86 bits per heavy atom. The quantitative estimate of drug-likeness (QED) is 0.101. The lowest BCUT2D eigenvalue weighted by molar-refractivity contribution is -0.687. The first-order chi connectivity index (χ1) is 17.3. The summed E-state index contributed by atoms with van der Waals surface area (Å²) in [5, 5.41) is 15.6. The number of β-lactam (4-membered cyclic amide) rings is 1. The minimum absolute atomic E-state index is 0.0528. The molecule has 1 saturated heterocycles. The molecule has 2 aliphatic heterocycles. The van der Waals surface area contributed by atoms with Gasteiger partial charge in [-0.1, -0.05) is 5.16 Å². The molecule has 2 atom stereocenters. The Morgan fingerprint density at radius 2 is 2.17 bits per heavy atom. The van der Waals surface area contributed by atoms with Gasteiger partial charge in [-0.25, -0.2) is 9.59 Å². The Bertz CT molecular complexity index is 1520. The number of nitrogens with two attached hydrogens (primary N) is 1. The molecule has 17 heteroatoms. The fraction of sp³-hybridized carbons (Fsp3) is 0.263. The molecule has 0 radical (unpaired) electrons. The molecular weight excluding hydrogens is 514 g/mol. The summed E-state index contributed by atoms with van der Waals surface area (Å²) in [5.74, 6) is -2.34. The molecule has 186 valence electrons. The topological polar surface area (TPSA) is 213 Å². The third kappa shape index (κ3) is 4.07. The van der Waals surface area contributed by atoms with E-state index in [9.17, 15) is 24.3 Å². The van der Waals surface area contributed by atoms with Crippen molar-refractivity contribution in [1.29, 1.82) is 0 Å². The Labute approximate surface area is 209 Å². The molecule has 3 aromatic rings. The van der Waals surface area contributed by atoms with Crippen LogP contribution in [0.1, 0.15) is 5.82 Å². The van der Waals surface area contributed by atoms with E-state index < -0.39 is 29.2 Å². The number of nitrogen functional groups attached to an aromatic ring is 1. The maximum Gasteiger partial charge on any atom is 0.352 e. The van der Waals surface area contributed by atoms with E-state index in [1.807, 2.05) is 0 Å². The number of fused-ring (bicyclic) bond motifs is 2. The first-order valence-corrected chi connectivity index (χ1v) is 12.1. The zero-order valence-corrected chi connectivity index (χ0v) is 20.1. The van der Waals surface area contributed by atoms with Crippen LogP contribution in [0.4, 0.5) is 5.13 Å². The van der Waals surface area contributed by atoms with Crippen LogP contribution in [0.15, 0.2) is 39.7 Å². The number of hydrogen-bond donors (Lipinski definition) is 5. The van der Waals surface area contributed by atoms with E-state index in [4.69, 9.17) is 10.6 Å². The van der Waals surface area contributed by atoms with Gasteiger partial charge in [0.1, 0.15) is 29.7 Å². The Hall–Kier alpha value is -4.25. The summed E-state index contributed by atoms with van der Waals surface area (Å²) in [7, 11) is 1.24. The lowest BCUT2D eigenvalue weighted by Crippen LogP contribution is -2.71. The Kier molecular flexibility index (Phi) is 5.92. The number of thioether (sulfide) groups is 1. The van der Waals surface area contributed by atoms with E-state index in [1.54, 1.807) is 23.0 Å². The lowest BCUT2D eigenvalue weighted by Gasteiger charge is -2.49. The van der Waals surface area contributed by atoms with Crippen molar-refractivity contribution in [3.05, 3.63) is 46.0 Å². The molecule has 2 aliphatic rings. The number of carboxylic acids is 1. The zero-order valence-electron chi connectivity index (χ0n) is 18.4. The molecule has 6 N–H and O–H groups in total. The van der Waals surface area contributed by atoms with Crippen molar-refractivity contribution in [1.82, 2.24) is 29.5 Å². The monoisotopic (exact) mass is 532 g/mol. The number of carbonyl (C=O) groups is 3. The molecule has 3 aromatic heterocycles. The zero-order chi connectivity index (χ0) is 25.6. The SMILES string of the molecule is CO/N=C(\C(=O)N[C@@H]1C(=O)N2C(C(=O)O)=C(C[n+]3ccc4[nH]c(=O)[nH]c4c3)CSC12)c1nsc(N)n1. The van der Waals surface area contributed by atoms with E-state index in [0.717, 1.165) is 11.5 Å². The van der Waals surface area contributed by atoms with Gasteiger partial charge in [0.15, 0.2) is 24.1 Å². The minimum atomic E-state index is -1.26. The average Bonchev–Trinajstić information content (AvgIpc) is 3.44. The van der Waals surface area contributed by atoms with Gasteiger partial charge >= 0.3 is 11.7 Å². The number of aromatic amines is 2. The van der Waals surface area contributed by atoms with Crippen LogP contribution in [0.5, 0.6) is 0 Å². The van der Waals surface area contributed by atoms with Crippen molar-refractivity contribution in [3.63, 3.8) is 0 Å². The second kappa shape index (κ2) is 9.08. The van der Waals surface area contributed by atoms with Crippen LogP contribution in [0.2, 0.25) is 0 Å². The summed E-state index contributed by atoms with van der Waals surface area (Å²) < 4.78 is 5.65. The van der Waals surface area contributed by atoms with Crippen LogP contribution < -0.4 is 21.3 Å². The van der Waals surface area contributed by atoms with Crippen molar-refractivity contribution in [3.8, 4) is 0 Å². The maximum absolute atomic E-state index is 13.0.